The summed E-state index contributed by atoms with van der Waals surface area (Å²) >= 11 is 7.10. The van der Waals surface area contributed by atoms with Crippen LogP contribution in [0, 0.1) is 17.8 Å². The zero-order chi connectivity index (χ0) is 24.2. The smallest absolute Gasteiger partial charge is 0.387 e. The number of pyridine rings is 1. The molecule has 2 aromatic rings. The van der Waals surface area contributed by atoms with Crippen LogP contribution in [-0.2, 0) is 9.59 Å². The van der Waals surface area contributed by atoms with Gasteiger partial charge >= 0.3 is 6.61 Å². The number of alkyl halides is 2. The summed E-state index contributed by atoms with van der Waals surface area (Å²) < 4.78 is 30.5. The van der Waals surface area contributed by atoms with Gasteiger partial charge in [-0.2, -0.15) is 8.78 Å². The maximum Gasteiger partial charge on any atom is 0.387 e. The zero-order valence-corrected chi connectivity index (χ0v) is 19.0. The van der Waals surface area contributed by atoms with E-state index in [0.717, 1.165) is 30.4 Å². The third-order valence-corrected chi connectivity index (χ3v) is 5.64. The summed E-state index contributed by atoms with van der Waals surface area (Å²) in [5.41, 5.74) is 5.68. The highest BCUT2D eigenvalue weighted by molar-refractivity contribution is 7.15. The van der Waals surface area contributed by atoms with E-state index in [1.54, 1.807) is 0 Å². The normalized spacial score (nSPS) is 15.2. The van der Waals surface area contributed by atoms with Crippen molar-refractivity contribution in [3.63, 3.8) is 0 Å². The van der Waals surface area contributed by atoms with Crippen molar-refractivity contribution in [2.45, 2.75) is 19.5 Å². The highest BCUT2D eigenvalue weighted by atomic mass is 35.5. The fourth-order valence-corrected chi connectivity index (χ4v) is 3.82. The number of nitrogens with zero attached hydrogens (tertiary/aromatic N) is 4. The lowest BCUT2D eigenvalue weighted by atomic mass is 9.95. The minimum absolute atomic E-state index is 0.00713. The molecule has 0 atom stereocenters. The minimum Gasteiger partial charge on any atom is -0.433 e. The Hall–Kier alpha value is -3.56. The van der Waals surface area contributed by atoms with E-state index < -0.39 is 18.4 Å². The highest BCUT2D eigenvalue weighted by Gasteiger charge is 2.26. The summed E-state index contributed by atoms with van der Waals surface area (Å²) in [4.78, 5) is 29.8. The number of hydrogen-bond donors (Lipinski definition) is 2. The molecule has 1 aliphatic carbocycles. The number of nitrogens with one attached hydrogen (secondary N) is 1. The lowest BCUT2D eigenvalue weighted by Gasteiger charge is -2.26. The van der Waals surface area contributed by atoms with Crippen LogP contribution >= 0.6 is 22.9 Å². The number of hydrogen-bond acceptors (Lipinski definition) is 8. The zero-order valence-electron chi connectivity index (χ0n) is 17.4. The van der Waals surface area contributed by atoms with Gasteiger partial charge in [0.2, 0.25) is 11.0 Å². The Labute approximate surface area is 201 Å². The van der Waals surface area contributed by atoms with Crippen molar-refractivity contribution in [1.29, 1.82) is 0 Å². The first kappa shape index (κ1) is 23.6. The molecule has 34 heavy (non-hydrogen) atoms. The van der Waals surface area contributed by atoms with Crippen LogP contribution in [0.15, 0.2) is 30.1 Å². The van der Waals surface area contributed by atoms with E-state index in [1.165, 1.54) is 23.2 Å². The van der Waals surface area contributed by atoms with Crippen LogP contribution < -0.4 is 15.8 Å². The molecule has 13 heteroatoms. The van der Waals surface area contributed by atoms with Crippen molar-refractivity contribution in [3.8, 4) is 17.6 Å². The number of carbonyl (C=O) groups is 2. The van der Waals surface area contributed by atoms with Gasteiger partial charge in [0, 0.05) is 35.4 Å². The molecule has 0 bridgehead atoms. The average molecular weight is 507 g/mol. The van der Waals surface area contributed by atoms with Crippen molar-refractivity contribution >= 4 is 45.5 Å². The second kappa shape index (κ2) is 10.1. The Morgan fingerprint density at radius 2 is 2.18 bits per heavy atom. The summed E-state index contributed by atoms with van der Waals surface area (Å²) in [7, 11) is 0. The van der Waals surface area contributed by atoms with E-state index >= 15 is 0 Å². The highest BCUT2D eigenvalue weighted by Crippen LogP contribution is 2.36. The average Bonchev–Trinajstić information content (AvgIpc) is 3.50. The summed E-state index contributed by atoms with van der Waals surface area (Å²) in [6.45, 7) is -3.11. The first-order valence-electron chi connectivity index (χ1n) is 10.0. The number of ether oxygens (including phenoxy) is 1. The SMILES string of the molecule is NC(=O)CN1C=C(c2cc(Cl)ncc2OC(F)F)C(C(=O)Nc2nnc(C#CC3CC3)s2)=CC1. The van der Waals surface area contributed by atoms with Gasteiger partial charge in [0.1, 0.15) is 5.15 Å². The van der Waals surface area contributed by atoms with E-state index in [0.29, 0.717) is 10.9 Å². The van der Waals surface area contributed by atoms with Crippen LogP contribution in [0.5, 0.6) is 5.75 Å². The molecular formula is C21H17ClF2N6O3S. The van der Waals surface area contributed by atoms with Gasteiger partial charge in [-0.3, -0.25) is 14.9 Å². The molecule has 176 valence electrons. The molecule has 3 heterocycles. The molecule has 0 unspecified atom stereocenters. The lowest BCUT2D eigenvalue weighted by Crippen LogP contribution is -2.33. The van der Waals surface area contributed by atoms with Crippen LogP contribution in [0.25, 0.3) is 5.57 Å². The van der Waals surface area contributed by atoms with E-state index in [1.807, 2.05) is 0 Å². The number of anilines is 1. The summed E-state index contributed by atoms with van der Waals surface area (Å²) in [5, 5.41) is 11.2. The van der Waals surface area contributed by atoms with Crippen LogP contribution in [0.4, 0.5) is 13.9 Å². The number of rotatable bonds is 7. The molecule has 0 spiro atoms. The Balaban J connectivity index is 1.63. The summed E-state index contributed by atoms with van der Waals surface area (Å²) in [6.07, 6.45) is 6.16. The standard InChI is InChI=1S/C21H17ClF2N6O3S/c22-16-7-13(15(8-26-16)33-20(23)24)14-9-30(10-17(25)31)6-5-12(14)19(32)27-21-29-28-18(34-21)4-3-11-1-2-11/h5,7-9,11,20H,1-2,6,10H2,(H2,25,31)(H,27,29,32). The van der Waals surface area contributed by atoms with E-state index in [2.05, 4.69) is 37.1 Å². The van der Waals surface area contributed by atoms with Gasteiger partial charge in [-0.25, -0.2) is 4.98 Å². The van der Waals surface area contributed by atoms with Crippen LogP contribution in [0.2, 0.25) is 5.15 Å². The number of primary amides is 1. The summed E-state index contributed by atoms with van der Waals surface area (Å²) in [6, 6.07) is 1.29. The van der Waals surface area contributed by atoms with Gasteiger partial charge in [0.15, 0.2) is 10.8 Å². The van der Waals surface area contributed by atoms with E-state index in [-0.39, 0.29) is 45.8 Å². The third-order valence-electron chi connectivity index (χ3n) is 4.68. The van der Waals surface area contributed by atoms with Crippen molar-refractivity contribution in [2.24, 2.45) is 11.7 Å². The minimum atomic E-state index is -3.13. The second-order valence-electron chi connectivity index (χ2n) is 7.35. The molecule has 4 rings (SSSR count). The van der Waals surface area contributed by atoms with Crippen molar-refractivity contribution < 1.29 is 23.1 Å². The van der Waals surface area contributed by atoms with E-state index in [9.17, 15) is 18.4 Å². The number of aromatic nitrogens is 3. The number of halogens is 3. The van der Waals surface area contributed by atoms with Crippen molar-refractivity contribution in [3.05, 3.63) is 45.8 Å². The monoisotopic (exact) mass is 506 g/mol. The topological polar surface area (TPSA) is 123 Å². The number of carbonyl (C=O) groups excluding carboxylic acids is 2. The predicted molar refractivity (Wildman–Crippen MR) is 121 cm³/mol. The molecule has 0 aromatic carbocycles. The molecule has 0 radical (unpaired) electrons. The molecule has 3 N–H and O–H groups in total. The first-order valence-corrected chi connectivity index (χ1v) is 11.2. The van der Waals surface area contributed by atoms with Gasteiger partial charge in [-0.05, 0) is 24.8 Å². The van der Waals surface area contributed by atoms with Gasteiger partial charge in [0.05, 0.1) is 12.7 Å². The molecule has 9 nitrogen and oxygen atoms in total. The number of amides is 2. The van der Waals surface area contributed by atoms with Crippen LogP contribution in [0.1, 0.15) is 23.4 Å². The largest absolute Gasteiger partial charge is 0.433 e. The Kier molecular flexibility index (Phi) is 7.04. The van der Waals surface area contributed by atoms with Crippen LogP contribution in [-0.4, -0.2) is 51.6 Å². The second-order valence-corrected chi connectivity index (χ2v) is 8.71. The van der Waals surface area contributed by atoms with Gasteiger partial charge in [-0.1, -0.05) is 34.9 Å². The Morgan fingerprint density at radius 3 is 2.88 bits per heavy atom. The van der Waals surface area contributed by atoms with Crippen molar-refractivity contribution in [2.75, 3.05) is 18.4 Å². The van der Waals surface area contributed by atoms with Crippen LogP contribution in [0.3, 0.4) is 0 Å². The number of nitrogens with two attached hydrogens (primary N) is 1. The molecular weight excluding hydrogens is 490 g/mol. The fourth-order valence-electron chi connectivity index (χ4n) is 3.06. The van der Waals surface area contributed by atoms with E-state index in [4.69, 9.17) is 17.3 Å². The molecule has 2 aromatic heterocycles. The quantitative estimate of drug-likeness (QED) is 0.437. The Morgan fingerprint density at radius 1 is 1.38 bits per heavy atom. The fraction of sp³-hybridized carbons (Fsp3) is 0.286. The Bertz CT molecular complexity index is 1250. The molecule has 1 saturated carbocycles. The molecule has 0 saturated heterocycles. The summed E-state index contributed by atoms with van der Waals surface area (Å²) in [5.74, 6) is 4.91. The van der Waals surface area contributed by atoms with Crippen molar-refractivity contribution in [1.82, 2.24) is 20.1 Å². The molecule has 2 aliphatic rings. The van der Waals surface area contributed by atoms with Gasteiger partial charge in [-0.15, -0.1) is 10.2 Å². The third kappa shape index (κ3) is 6.06. The first-order chi connectivity index (χ1) is 16.3. The maximum atomic E-state index is 13.1. The molecule has 1 fully saturated rings. The van der Waals surface area contributed by atoms with Gasteiger partial charge < -0.3 is 15.4 Å². The predicted octanol–water partition coefficient (Wildman–Crippen LogP) is 2.66. The molecule has 2 amide bonds. The maximum absolute atomic E-state index is 13.1. The molecule has 1 aliphatic heterocycles. The van der Waals surface area contributed by atoms with Gasteiger partial charge in [0.25, 0.3) is 5.91 Å². The lowest BCUT2D eigenvalue weighted by molar-refractivity contribution is -0.118.